The lowest BCUT2D eigenvalue weighted by Gasteiger charge is -2.19. The number of hydrogen-bond donors (Lipinski definition) is 1. The number of halogens is 3. The Morgan fingerprint density at radius 3 is 2.48 bits per heavy atom. The Hall–Kier alpha value is -1.81. The van der Waals surface area contributed by atoms with Crippen molar-refractivity contribution in [1.82, 2.24) is 0 Å². The van der Waals surface area contributed by atoms with E-state index in [1.165, 1.54) is 6.07 Å². The second-order valence-electron chi connectivity index (χ2n) is 5.07. The molecule has 0 radical (unpaired) electrons. The summed E-state index contributed by atoms with van der Waals surface area (Å²) in [6.07, 6.45) is 0. The topological polar surface area (TPSA) is 15.3 Å². The quantitative estimate of drug-likeness (QED) is 0.867. The van der Waals surface area contributed by atoms with Crippen LogP contribution in [0.25, 0.3) is 0 Å². The zero-order valence-electron chi connectivity index (χ0n) is 12.1. The van der Waals surface area contributed by atoms with Gasteiger partial charge in [0.05, 0.1) is 16.8 Å². The predicted molar refractivity (Wildman–Crippen MR) is 84.2 cm³/mol. The molecule has 0 aliphatic heterocycles. The molecule has 0 aromatic heterocycles. The third-order valence-corrected chi connectivity index (χ3v) is 3.56. The zero-order chi connectivity index (χ0) is 15.6. The summed E-state index contributed by atoms with van der Waals surface area (Å²) in [5, 5.41) is 3.72. The normalized spacial score (nSPS) is 12.1. The van der Waals surface area contributed by atoms with Crippen molar-refractivity contribution in [3.05, 3.63) is 58.6 Å². The first kappa shape index (κ1) is 15.6. The first-order valence-corrected chi connectivity index (χ1v) is 6.95. The van der Waals surface area contributed by atoms with Gasteiger partial charge in [-0.05, 0) is 31.2 Å². The van der Waals surface area contributed by atoms with Crippen molar-refractivity contribution < 1.29 is 8.78 Å². The molecule has 112 valence electrons. The molecule has 0 saturated carbocycles. The fraction of sp³-hybridized carbons (Fsp3) is 0.250. The van der Waals surface area contributed by atoms with Crippen molar-refractivity contribution in [2.45, 2.75) is 13.0 Å². The zero-order valence-corrected chi connectivity index (χ0v) is 12.9. The maximum atomic E-state index is 13.8. The number of benzene rings is 2. The summed E-state index contributed by atoms with van der Waals surface area (Å²) in [5.41, 5.74) is 1.93. The monoisotopic (exact) mass is 310 g/mol. The fourth-order valence-electron chi connectivity index (χ4n) is 2.14. The molecule has 0 bridgehead atoms. The van der Waals surface area contributed by atoms with E-state index in [0.29, 0.717) is 5.02 Å². The highest BCUT2D eigenvalue weighted by Gasteiger charge is 2.14. The van der Waals surface area contributed by atoms with E-state index in [-0.39, 0.29) is 11.6 Å². The molecule has 2 nitrogen and oxygen atoms in total. The van der Waals surface area contributed by atoms with Crippen LogP contribution in [0.4, 0.5) is 20.2 Å². The molecule has 0 amide bonds. The van der Waals surface area contributed by atoms with E-state index in [1.807, 2.05) is 31.1 Å². The molecule has 2 rings (SSSR count). The van der Waals surface area contributed by atoms with Gasteiger partial charge < -0.3 is 10.2 Å². The van der Waals surface area contributed by atoms with Crippen LogP contribution < -0.4 is 10.2 Å². The van der Waals surface area contributed by atoms with Crippen LogP contribution in [0.1, 0.15) is 18.5 Å². The summed E-state index contributed by atoms with van der Waals surface area (Å²) in [7, 11) is 3.80. The number of hydrogen-bond acceptors (Lipinski definition) is 2. The van der Waals surface area contributed by atoms with Gasteiger partial charge in [-0.3, -0.25) is 0 Å². The van der Waals surface area contributed by atoms with E-state index in [9.17, 15) is 8.78 Å². The highest BCUT2D eigenvalue weighted by atomic mass is 35.5. The number of rotatable bonds is 4. The Kier molecular flexibility index (Phi) is 4.68. The smallest absolute Gasteiger partial charge is 0.164 e. The third-order valence-electron chi connectivity index (χ3n) is 3.26. The van der Waals surface area contributed by atoms with Crippen LogP contribution in [0.15, 0.2) is 36.4 Å². The fourth-order valence-corrected chi connectivity index (χ4v) is 2.49. The predicted octanol–water partition coefficient (Wildman–Crippen LogP) is 4.86. The van der Waals surface area contributed by atoms with Crippen LogP contribution in [0.3, 0.4) is 0 Å². The van der Waals surface area contributed by atoms with Crippen LogP contribution in [0.5, 0.6) is 0 Å². The molecular weight excluding hydrogens is 294 g/mol. The Bertz CT molecular complexity index is 644. The highest BCUT2D eigenvalue weighted by Crippen LogP contribution is 2.30. The lowest BCUT2D eigenvalue weighted by Crippen LogP contribution is -2.11. The van der Waals surface area contributed by atoms with Gasteiger partial charge in [0.2, 0.25) is 0 Å². The minimum Gasteiger partial charge on any atom is -0.378 e. The second-order valence-corrected chi connectivity index (χ2v) is 5.48. The van der Waals surface area contributed by atoms with E-state index in [0.717, 1.165) is 17.4 Å². The van der Waals surface area contributed by atoms with Gasteiger partial charge in [0.1, 0.15) is 0 Å². The van der Waals surface area contributed by atoms with Gasteiger partial charge in [-0.2, -0.15) is 0 Å². The van der Waals surface area contributed by atoms with Crippen LogP contribution in [-0.4, -0.2) is 14.1 Å². The van der Waals surface area contributed by atoms with Crippen LogP contribution >= 0.6 is 11.6 Å². The molecule has 1 N–H and O–H groups in total. The summed E-state index contributed by atoms with van der Waals surface area (Å²) in [6, 6.07) is 9.29. The average molecular weight is 311 g/mol. The van der Waals surface area contributed by atoms with Crippen molar-refractivity contribution in [3.63, 3.8) is 0 Å². The first-order chi connectivity index (χ1) is 9.90. The summed E-state index contributed by atoms with van der Waals surface area (Å²) in [6.45, 7) is 1.77. The summed E-state index contributed by atoms with van der Waals surface area (Å²) in [4.78, 5) is 1.90. The van der Waals surface area contributed by atoms with Gasteiger partial charge in [0.15, 0.2) is 11.6 Å². The summed E-state index contributed by atoms with van der Waals surface area (Å²) >= 11 is 6.19. The molecule has 1 unspecified atom stereocenters. The standard InChI is InChI=1S/C16H17ClF2N2/c1-10(12-5-4-6-14(18)16(12)19)20-11-7-8-15(21(2)3)13(17)9-11/h4-10,20H,1-3H3. The molecule has 0 aliphatic rings. The Morgan fingerprint density at radius 1 is 1.14 bits per heavy atom. The van der Waals surface area contributed by atoms with Crippen LogP contribution in [-0.2, 0) is 0 Å². The number of nitrogens with zero attached hydrogens (tertiary/aromatic N) is 1. The lowest BCUT2D eigenvalue weighted by atomic mass is 10.1. The molecule has 0 saturated heterocycles. The van der Waals surface area contributed by atoms with Crippen LogP contribution in [0, 0.1) is 11.6 Å². The molecule has 0 fully saturated rings. The molecule has 0 heterocycles. The van der Waals surface area contributed by atoms with Crippen molar-refractivity contribution >= 4 is 23.0 Å². The van der Waals surface area contributed by atoms with E-state index >= 15 is 0 Å². The maximum Gasteiger partial charge on any atom is 0.164 e. The molecule has 21 heavy (non-hydrogen) atoms. The second kappa shape index (κ2) is 6.31. The third kappa shape index (κ3) is 3.45. The van der Waals surface area contributed by atoms with Gasteiger partial charge in [-0.15, -0.1) is 0 Å². The minimum atomic E-state index is -0.845. The van der Waals surface area contributed by atoms with Gasteiger partial charge in [-0.1, -0.05) is 23.7 Å². The van der Waals surface area contributed by atoms with Crippen molar-refractivity contribution in [2.75, 3.05) is 24.3 Å². The summed E-state index contributed by atoms with van der Waals surface area (Å²) < 4.78 is 27.0. The summed E-state index contributed by atoms with van der Waals surface area (Å²) in [5.74, 6) is -1.67. The molecule has 5 heteroatoms. The Balaban J connectivity index is 2.22. The van der Waals surface area contributed by atoms with E-state index in [2.05, 4.69) is 5.32 Å². The highest BCUT2D eigenvalue weighted by molar-refractivity contribution is 6.33. The van der Waals surface area contributed by atoms with Crippen molar-refractivity contribution in [2.24, 2.45) is 0 Å². The first-order valence-electron chi connectivity index (χ1n) is 6.57. The molecule has 1 atom stereocenters. The molecule has 2 aromatic rings. The van der Waals surface area contributed by atoms with Gasteiger partial charge in [-0.25, -0.2) is 8.78 Å². The molecule has 0 spiro atoms. The Morgan fingerprint density at radius 2 is 1.86 bits per heavy atom. The van der Waals surface area contributed by atoms with E-state index in [4.69, 9.17) is 11.6 Å². The van der Waals surface area contributed by atoms with Gasteiger partial charge in [0, 0.05) is 25.3 Å². The lowest BCUT2D eigenvalue weighted by molar-refractivity contribution is 0.494. The van der Waals surface area contributed by atoms with Crippen LogP contribution in [0.2, 0.25) is 5.02 Å². The molecule has 0 aliphatic carbocycles. The van der Waals surface area contributed by atoms with E-state index < -0.39 is 11.6 Å². The average Bonchev–Trinajstić information content (AvgIpc) is 2.41. The minimum absolute atomic E-state index is 0.280. The SMILES string of the molecule is CC(Nc1ccc(N(C)C)c(Cl)c1)c1cccc(F)c1F. The largest absolute Gasteiger partial charge is 0.378 e. The molecular formula is C16H17ClF2N2. The van der Waals surface area contributed by atoms with Crippen molar-refractivity contribution in [1.29, 1.82) is 0 Å². The Labute approximate surface area is 128 Å². The maximum absolute atomic E-state index is 13.8. The number of nitrogens with one attached hydrogen (secondary N) is 1. The van der Waals surface area contributed by atoms with Gasteiger partial charge >= 0.3 is 0 Å². The molecule has 2 aromatic carbocycles. The van der Waals surface area contributed by atoms with E-state index in [1.54, 1.807) is 19.1 Å². The number of anilines is 2. The van der Waals surface area contributed by atoms with Crippen molar-refractivity contribution in [3.8, 4) is 0 Å². The van der Waals surface area contributed by atoms with Gasteiger partial charge in [0.25, 0.3) is 0 Å².